The number of carbonyl (C=O) groups is 2. The standard InChI is InChI=1S/C11H14O3S/c1-11(2,7-10(13)14)6-8(12)9-4-3-5-15-9/h3-5H,6-7H2,1-2H3,(H,13,14). The number of aliphatic carboxylic acids is 1. The average Bonchev–Trinajstić information content (AvgIpc) is 2.50. The quantitative estimate of drug-likeness (QED) is 0.785. The summed E-state index contributed by atoms with van der Waals surface area (Å²) >= 11 is 1.39. The van der Waals surface area contributed by atoms with E-state index < -0.39 is 11.4 Å². The monoisotopic (exact) mass is 226 g/mol. The third kappa shape index (κ3) is 3.83. The molecular weight excluding hydrogens is 212 g/mol. The van der Waals surface area contributed by atoms with Gasteiger partial charge in [0, 0.05) is 6.42 Å². The second kappa shape index (κ2) is 4.57. The van der Waals surface area contributed by atoms with Crippen LogP contribution in [0, 0.1) is 5.41 Å². The molecule has 0 atom stereocenters. The smallest absolute Gasteiger partial charge is 0.303 e. The van der Waals surface area contributed by atoms with Crippen molar-refractivity contribution in [2.24, 2.45) is 5.41 Å². The zero-order valence-corrected chi connectivity index (χ0v) is 9.63. The largest absolute Gasteiger partial charge is 0.481 e. The molecule has 0 aliphatic heterocycles. The van der Waals surface area contributed by atoms with Crippen molar-refractivity contribution in [1.82, 2.24) is 0 Å². The van der Waals surface area contributed by atoms with E-state index in [1.807, 2.05) is 11.4 Å². The van der Waals surface area contributed by atoms with E-state index in [9.17, 15) is 9.59 Å². The van der Waals surface area contributed by atoms with E-state index in [-0.39, 0.29) is 18.6 Å². The number of carboxylic acid groups (broad SMARTS) is 1. The van der Waals surface area contributed by atoms with E-state index in [0.29, 0.717) is 4.88 Å². The summed E-state index contributed by atoms with van der Waals surface area (Å²) in [5.41, 5.74) is -0.479. The molecule has 0 bridgehead atoms. The Bertz CT molecular complexity index is 352. The van der Waals surface area contributed by atoms with Gasteiger partial charge in [-0.2, -0.15) is 0 Å². The maximum atomic E-state index is 11.7. The summed E-state index contributed by atoms with van der Waals surface area (Å²) in [6.45, 7) is 3.60. The lowest BCUT2D eigenvalue weighted by atomic mass is 9.84. The number of carboxylic acids is 1. The van der Waals surface area contributed by atoms with Crippen LogP contribution in [0.2, 0.25) is 0 Å². The predicted molar refractivity (Wildman–Crippen MR) is 59.3 cm³/mol. The second-order valence-electron chi connectivity index (χ2n) is 4.31. The van der Waals surface area contributed by atoms with E-state index in [1.165, 1.54) is 11.3 Å². The van der Waals surface area contributed by atoms with E-state index in [2.05, 4.69) is 0 Å². The van der Waals surface area contributed by atoms with Crippen LogP contribution >= 0.6 is 11.3 Å². The van der Waals surface area contributed by atoms with Crippen molar-refractivity contribution in [1.29, 1.82) is 0 Å². The summed E-state index contributed by atoms with van der Waals surface area (Å²) in [6.07, 6.45) is 0.296. The van der Waals surface area contributed by atoms with E-state index in [4.69, 9.17) is 5.11 Å². The van der Waals surface area contributed by atoms with Crippen LogP contribution in [-0.2, 0) is 4.79 Å². The molecule has 1 aromatic heterocycles. The third-order valence-electron chi connectivity index (χ3n) is 2.06. The number of rotatable bonds is 5. The third-order valence-corrected chi connectivity index (χ3v) is 2.98. The van der Waals surface area contributed by atoms with Crippen LogP contribution in [0.1, 0.15) is 36.4 Å². The van der Waals surface area contributed by atoms with Crippen LogP contribution in [0.15, 0.2) is 17.5 Å². The molecule has 0 saturated heterocycles. The fourth-order valence-corrected chi connectivity index (χ4v) is 2.10. The highest BCUT2D eigenvalue weighted by Gasteiger charge is 2.25. The number of hydrogen-bond donors (Lipinski definition) is 1. The minimum atomic E-state index is -0.862. The van der Waals surface area contributed by atoms with Gasteiger partial charge in [0.1, 0.15) is 0 Å². The highest BCUT2D eigenvalue weighted by atomic mass is 32.1. The molecule has 1 N–H and O–H groups in total. The Morgan fingerprint density at radius 3 is 2.53 bits per heavy atom. The van der Waals surface area contributed by atoms with Gasteiger partial charge in [-0.1, -0.05) is 19.9 Å². The summed E-state index contributed by atoms with van der Waals surface area (Å²) in [7, 11) is 0. The fraction of sp³-hybridized carbons (Fsp3) is 0.455. The summed E-state index contributed by atoms with van der Waals surface area (Å²) in [6, 6.07) is 3.59. The first-order valence-electron chi connectivity index (χ1n) is 4.69. The molecular formula is C11H14O3S. The molecule has 0 saturated carbocycles. The lowest BCUT2D eigenvalue weighted by molar-refractivity contribution is -0.139. The van der Waals surface area contributed by atoms with Crippen molar-refractivity contribution in [3.8, 4) is 0 Å². The molecule has 3 nitrogen and oxygen atoms in total. The van der Waals surface area contributed by atoms with Gasteiger partial charge in [0.25, 0.3) is 0 Å². The van der Waals surface area contributed by atoms with E-state index in [1.54, 1.807) is 19.9 Å². The Labute approximate surface area is 92.7 Å². The van der Waals surface area contributed by atoms with Gasteiger partial charge in [0.2, 0.25) is 0 Å². The van der Waals surface area contributed by atoms with Gasteiger partial charge in [-0.25, -0.2) is 0 Å². The Hall–Kier alpha value is -1.16. The molecule has 1 rings (SSSR count). The van der Waals surface area contributed by atoms with Gasteiger partial charge >= 0.3 is 5.97 Å². The minimum absolute atomic E-state index is 0.0180. The Morgan fingerprint density at radius 2 is 2.07 bits per heavy atom. The maximum absolute atomic E-state index is 11.7. The summed E-state index contributed by atoms with van der Waals surface area (Å²) < 4.78 is 0. The lowest BCUT2D eigenvalue weighted by Crippen LogP contribution is -2.20. The van der Waals surface area contributed by atoms with Gasteiger partial charge in [0.05, 0.1) is 11.3 Å². The van der Waals surface area contributed by atoms with Crippen molar-refractivity contribution >= 4 is 23.1 Å². The Morgan fingerprint density at radius 1 is 1.40 bits per heavy atom. The number of thiophene rings is 1. The van der Waals surface area contributed by atoms with Crippen molar-refractivity contribution in [3.63, 3.8) is 0 Å². The van der Waals surface area contributed by atoms with Gasteiger partial charge in [-0.3, -0.25) is 9.59 Å². The van der Waals surface area contributed by atoms with Crippen LogP contribution in [0.3, 0.4) is 0 Å². The van der Waals surface area contributed by atoms with E-state index >= 15 is 0 Å². The molecule has 15 heavy (non-hydrogen) atoms. The zero-order valence-electron chi connectivity index (χ0n) is 8.82. The number of ketones is 1. The minimum Gasteiger partial charge on any atom is -0.481 e. The average molecular weight is 226 g/mol. The normalized spacial score (nSPS) is 11.3. The summed E-state index contributed by atoms with van der Waals surface area (Å²) in [5, 5.41) is 10.5. The molecule has 0 fully saturated rings. The number of Topliss-reactive ketones (excluding diaryl/α,β-unsaturated/α-hetero) is 1. The molecule has 0 aliphatic rings. The summed E-state index contributed by atoms with van der Waals surface area (Å²) in [5.74, 6) is -0.838. The molecule has 1 aromatic rings. The van der Waals surface area contributed by atoms with Gasteiger partial charge in [0.15, 0.2) is 5.78 Å². The topological polar surface area (TPSA) is 54.4 Å². The van der Waals surface area contributed by atoms with Crippen LogP contribution in [0.4, 0.5) is 0 Å². The van der Waals surface area contributed by atoms with Crippen LogP contribution in [0.25, 0.3) is 0 Å². The molecule has 0 amide bonds. The molecule has 0 radical (unpaired) electrons. The maximum Gasteiger partial charge on any atom is 0.303 e. The predicted octanol–water partition coefficient (Wildman–Crippen LogP) is 2.82. The first-order valence-corrected chi connectivity index (χ1v) is 5.57. The van der Waals surface area contributed by atoms with Gasteiger partial charge in [-0.15, -0.1) is 11.3 Å². The van der Waals surface area contributed by atoms with Crippen molar-refractivity contribution in [2.45, 2.75) is 26.7 Å². The lowest BCUT2D eigenvalue weighted by Gasteiger charge is -2.20. The highest BCUT2D eigenvalue weighted by Crippen LogP contribution is 2.27. The van der Waals surface area contributed by atoms with Crippen molar-refractivity contribution in [2.75, 3.05) is 0 Å². The first kappa shape index (κ1) is 11.9. The molecule has 1 heterocycles. The fourth-order valence-electron chi connectivity index (χ4n) is 1.43. The Balaban J connectivity index is 2.61. The molecule has 4 heteroatoms. The molecule has 0 unspecified atom stereocenters. The molecule has 82 valence electrons. The zero-order chi connectivity index (χ0) is 11.5. The number of hydrogen-bond acceptors (Lipinski definition) is 3. The second-order valence-corrected chi connectivity index (χ2v) is 5.26. The summed E-state index contributed by atoms with van der Waals surface area (Å²) in [4.78, 5) is 23.0. The Kier molecular flexibility index (Phi) is 3.63. The van der Waals surface area contributed by atoms with Gasteiger partial charge in [-0.05, 0) is 16.9 Å². The van der Waals surface area contributed by atoms with Crippen LogP contribution < -0.4 is 0 Å². The van der Waals surface area contributed by atoms with Crippen molar-refractivity contribution in [3.05, 3.63) is 22.4 Å². The number of carbonyl (C=O) groups excluding carboxylic acids is 1. The van der Waals surface area contributed by atoms with Gasteiger partial charge < -0.3 is 5.11 Å². The highest BCUT2D eigenvalue weighted by molar-refractivity contribution is 7.12. The molecule has 0 spiro atoms. The van der Waals surface area contributed by atoms with Crippen molar-refractivity contribution < 1.29 is 14.7 Å². The molecule has 0 aromatic carbocycles. The molecule has 0 aliphatic carbocycles. The van der Waals surface area contributed by atoms with Crippen LogP contribution in [0.5, 0.6) is 0 Å². The SMILES string of the molecule is CC(C)(CC(=O)O)CC(=O)c1cccs1. The van der Waals surface area contributed by atoms with E-state index in [0.717, 1.165) is 0 Å². The van der Waals surface area contributed by atoms with Crippen LogP contribution in [-0.4, -0.2) is 16.9 Å². The first-order chi connectivity index (χ1) is 6.91.